The van der Waals surface area contributed by atoms with E-state index in [2.05, 4.69) is 15.9 Å². The molecule has 0 amide bonds. The van der Waals surface area contributed by atoms with Crippen molar-refractivity contribution in [3.05, 3.63) is 62.9 Å². The van der Waals surface area contributed by atoms with Gasteiger partial charge >= 0.3 is 11.9 Å². The van der Waals surface area contributed by atoms with E-state index in [1.54, 1.807) is 17.6 Å². The molecule has 3 aromatic rings. The number of carbonyl (C=O) groups excluding carboxylic acids is 2. The average Bonchev–Trinajstić information content (AvgIpc) is 3.22. The van der Waals surface area contributed by atoms with Crippen molar-refractivity contribution in [1.82, 2.24) is 9.55 Å². The maximum Gasteiger partial charge on any atom is 0.355 e. The minimum Gasteiger partial charge on any atom is -0.457 e. The van der Waals surface area contributed by atoms with Gasteiger partial charge in [-0.3, -0.25) is 9.59 Å². The summed E-state index contributed by atoms with van der Waals surface area (Å²) in [4.78, 5) is 43.5. The first-order valence-electron chi connectivity index (χ1n) is 11.2. The number of aromatic nitrogens is 2. The molecule has 4 heterocycles. The fourth-order valence-electron chi connectivity index (χ4n) is 4.85. The third-order valence-corrected chi connectivity index (χ3v) is 7.75. The van der Waals surface area contributed by atoms with Gasteiger partial charge in [0.1, 0.15) is 11.4 Å². The molecule has 5 rings (SSSR count). The van der Waals surface area contributed by atoms with Crippen LogP contribution in [0.2, 0.25) is 0 Å². The lowest BCUT2D eigenvalue weighted by Crippen LogP contribution is -2.48. The van der Waals surface area contributed by atoms with Gasteiger partial charge < -0.3 is 19.1 Å². The van der Waals surface area contributed by atoms with E-state index in [1.165, 1.54) is 0 Å². The summed E-state index contributed by atoms with van der Waals surface area (Å²) in [6.07, 6.45) is 0.582. The van der Waals surface area contributed by atoms with Gasteiger partial charge in [0.25, 0.3) is 5.56 Å². The van der Waals surface area contributed by atoms with Gasteiger partial charge in [-0.15, -0.1) is 0 Å². The Hall–Kier alpha value is -3.04. The SMILES string of the molecule is CCC(Br)C(=O)O[C@]1(CC)C(=O)OCc2c1cc1n(c2=O)Cc2c-1nc1ccccc1c2CO. The predicted octanol–water partition coefficient (Wildman–Crippen LogP) is 3.30. The van der Waals surface area contributed by atoms with Crippen LogP contribution in [0.5, 0.6) is 0 Å². The molecule has 2 atom stereocenters. The molecule has 34 heavy (non-hydrogen) atoms. The summed E-state index contributed by atoms with van der Waals surface area (Å²) in [6.45, 7) is 3.38. The zero-order chi connectivity index (χ0) is 24.2. The number of ether oxygens (including phenoxy) is 2. The molecule has 176 valence electrons. The van der Waals surface area contributed by atoms with Crippen molar-refractivity contribution in [2.75, 3.05) is 0 Å². The molecular formula is C25H23BrN2O6. The summed E-state index contributed by atoms with van der Waals surface area (Å²) in [5.41, 5.74) is 1.83. The number of esters is 2. The van der Waals surface area contributed by atoms with E-state index < -0.39 is 22.4 Å². The number of fused-ring (bicyclic) bond motifs is 5. The van der Waals surface area contributed by atoms with Crippen LogP contribution in [0.1, 0.15) is 48.9 Å². The lowest BCUT2D eigenvalue weighted by atomic mass is 9.85. The van der Waals surface area contributed by atoms with E-state index in [-0.39, 0.29) is 37.3 Å². The number of rotatable bonds is 5. The van der Waals surface area contributed by atoms with Crippen molar-refractivity contribution >= 4 is 38.8 Å². The van der Waals surface area contributed by atoms with Gasteiger partial charge in [0.15, 0.2) is 0 Å². The molecule has 0 spiro atoms. The van der Waals surface area contributed by atoms with Crippen LogP contribution in [0.25, 0.3) is 22.3 Å². The second-order valence-electron chi connectivity index (χ2n) is 8.46. The number of para-hydroxylation sites is 1. The van der Waals surface area contributed by atoms with Gasteiger partial charge in [0.05, 0.1) is 35.6 Å². The molecule has 9 heteroatoms. The van der Waals surface area contributed by atoms with Crippen molar-refractivity contribution in [1.29, 1.82) is 0 Å². The quantitative estimate of drug-likeness (QED) is 0.314. The summed E-state index contributed by atoms with van der Waals surface area (Å²) in [6, 6.07) is 9.20. The number of cyclic esters (lactones) is 1. The van der Waals surface area contributed by atoms with Crippen molar-refractivity contribution < 1.29 is 24.2 Å². The van der Waals surface area contributed by atoms with E-state index in [9.17, 15) is 19.5 Å². The lowest BCUT2D eigenvalue weighted by Gasteiger charge is -2.36. The number of benzene rings is 1. The van der Waals surface area contributed by atoms with Gasteiger partial charge in [-0.1, -0.05) is 48.0 Å². The highest BCUT2D eigenvalue weighted by Crippen LogP contribution is 2.42. The first-order chi connectivity index (χ1) is 16.4. The third-order valence-electron chi connectivity index (χ3n) is 6.73. The monoisotopic (exact) mass is 526 g/mol. The van der Waals surface area contributed by atoms with E-state index in [1.807, 2.05) is 31.2 Å². The van der Waals surface area contributed by atoms with Crippen LogP contribution in [0, 0.1) is 0 Å². The zero-order valence-corrected chi connectivity index (χ0v) is 20.3. The van der Waals surface area contributed by atoms with Crippen LogP contribution in [-0.4, -0.2) is 31.4 Å². The number of aliphatic hydroxyl groups is 1. The Morgan fingerprint density at radius 1 is 1.29 bits per heavy atom. The van der Waals surface area contributed by atoms with E-state index in [4.69, 9.17) is 14.5 Å². The van der Waals surface area contributed by atoms with Gasteiger partial charge in [-0.2, -0.15) is 0 Å². The molecule has 2 aromatic heterocycles. The number of halogens is 1. The van der Waals surface area contributed by atoms with Gasteiger partial charge in [-0.25, -0.2) is 9.78 Å². The van der Waals surface area contributed by atoms with Crippen LogP contribution in [0.15, 0.2) is 35.1 Å². The second kappa shape index (κ2) is 8.32. The largest absolute Gasteiger partial charge is 0.457 e. The normalized spacial score (nSPS) is 19.2. The van der Waals surface area contributed by atoms with Crippen molar-refractivity contribution in [3.8, 4) is 11.4 Å². The number of alkyl halides is 1. The van der Waals surface area contributed by atoms with Gasteiger partial charge in [-0.05, 0) is 30.5 Å². The molecule has 1 unspecified atom stereocenters. The Labute approximate surface area is 203 Å². The highest BCUT2D eigenvalue weighted by Gasteiger charge is 2.51. The van der Waals surface area contributed by atoms with Crippen LogP contribution in [-0.2, 0) is 44.4 Å². The Morgan fingerprint density at radius 3 is 2.76 bits per heavy atom. The summed E-state index contributed by atoms with van der Waals surface area (Å²) >= 11 is 3.28. The summed E-state index contributed by atoms with van der Waals surface area (Å²) < 4.78 is 12.7. The molecule has 0 radical (unpaired) electrons. The maximum atomic E-state index is 13.6. The number of aliphatic hydroxyl groups excluding tert-OH is 1. The molecule has 0 fully saturated rings. The number of pyridine rings is 2. The number of hydrogen-bond acceptors (Lipinski definition) is 7. The summed E-state index contributed by atoms with van der Waals surface area (Å²) in [5, 5.41) is 11.0. The second-order valence-corrected chi connectivity index (χ2v) is 9.56. The summed E-state index contributed by atoms with van der Waals surface area (Å²) in [5.74, 6) is -1.29. The molecule has 2 aliphatic heterocycles. The molecule has 8 nitrogen and oxygen atoms in total. The number of nitrogens with zero attached hydrogens (tertiary/aromatic N) is 2. The molecule has 0 aliphatic carbocycles. The van der Waals surface area contributed by atoms with Crippen LogP contribution >= 0.6 is 15.9 Å². The van der Waals surface area contributed by atoms with Gasteiger partial charge in [0, 0.05) is 16.5 Å². The van der Waals surface area contributed by atoms with Crippen molar-refractivity contribution in [3.63, 3.8) is 0 Å². The average molecular weight is 527 g/mol. The molecule has 1 N–H and O–H groups in total. The van der Waals surface area contributed by atoms with E-state index >= 15 is 0 Å². The number of carbonyl (C=O) groups is 2. The smallest absolute Gasteiger partial charge is 0.355 e. The Bertz CT molecular complexity index is 1410. The maximum absolute atomic E-state index is 13.6. The molecular weight excluding hydrogens is 504 g/mol. The van der Waals surface area contributed by atoms with Crippen LogP contribution < -0.4 is 5.56 Å². The fourth-order valence-corrected chi connectivity index (χ4v) is 4.95. The predicted molar refractivity (Wildman–Crippen MR) is 127 cm³/mol. The Morgan fingerprint density at radius 2 is 2.06 bits per heavy atom. The summed E-state index contributed by atoms with van der Waals surface area (Å²) in [7, 11) is 0. The third kappa shape index (κ3) is 3.14. The van der Waals surface area contributed by atoms with Crippen molar-refractivity contribution in [2.45, 2.75) is 56.9 Å². The molecule has 0 saturated carbocycles. The molecule has 2 aliphatic rings. The van der Waals surface area contributed by atoms with Crippen molar-refractivity contribution in [2.24, 2.45) is 0 Å². The van der Waals surface area contributed by atoms with E-state index in [0.717, 1.165) is 10.9 Å². The van der Waals surface area contributed by atoms with Crippen LogP contribution in [0.4, 0.5) is 0 Å². The fraction of sp³-hybridized carbons (Fsp3) is 0.360. The van der Waals surface area contributed by atoms with E-state index in [0.29, 0.717) is 34.5 Å². The standard InChI is InChI=1S/C25H23BrN2O6/c1-3-18(26)23(31)34-25(4-2)17-9-20-21-14(10-28(20)22(30)16(17)12-33-24(25)32)15(11-29)13-7-5-6-8-19(13)27-21/h5-9,18,29H,3-4,10-12H2,1-2H3/t18?,25-/m0/s1. The van der Waals surface area contributed by atoms with Crippen LogP contribution in [0.3, 0.4) is 0 Å². The highest BCUT2D eigenvalue weighted by molar-refractivity contribution is 9.10. The minimum atomic E-state index is -1.72. The zero-order valence-electron chi connectivity index (χ0n) is 18.8. The Kier molecular flexibility index (Phi) is 5.56. The topological polar surface area (TPSA) is 108 Å². The van der Waals surface area contributed by atoms with Gasteiger partial charge in [0.2, 0.25) is 5.60 Å². The first kappa shape index (κ1) is 22.7. The number of hydrogen-bond donors (Lipinski definition) is 1. The molecule has 1 aromatic carbocycles. The highest BCUT2D eigenvalue weighted by atomic mass is 79.9. The minimum absolute atomic E-state index is 0.108. The Balaban J connectivity index is 1.76. The molecule has 0 saturated heterocycles. The lowest BCUT2D eigenvalue weighted by molar-refractivity contribution is -0.189. The molecule has 0 bridgehead atoms. The first-order valence-corrected chi connectivity index (χ1v) is 12.1.